The number of carbonyl (C=O) groups is 1. The van der Waals surface area contributed by atoms with E-state index in [0.717, 1.165) is 16.8 Å². The molecule has 0 saturated heterocycles. The van der Waals surface area contributed by atoms with Crippen molar-refractivity contribution in [2.24, 2.45) is 0 Å². The Bertz CT molecular complexity index is 1160. The van der Waals surface area contributed by atoms with Crippen LogP contribution in [0.2, 0.25) is 5.02 Å². The number of amides is 2. The van der Waals surface area contributed by atoms with Crippen molar-refractivity contribution >= 4 is 34.1 Å². The van der Waals surface area contributed by atoms with Crippen LogP contribution in [0.5, 0.6) is 5.88 Å². The normalized spacial score (nSPS) is 12.4. The van der Waals surface area contributed by atoms with Crippen LogP contribution >= 0.6 is 11.6 Å². The van der Waals surface area contributed by atoms with Crippen molar-refractivity contribution in [2.45, 2.75) is 19.1 Å². The summed E-state index contributed by atoms with van der Waals surface area (Å²) in [5, 5.41) is 6.27. The average Bonchev–Trinajstić information content (AvgIpc) is 2.79. The van der Waals surface area contributed by atoms with Crippen LogP contribution < -0.4 is 15.4 Å². The third kappa shape index (κ3) is 6.27. The van der Waals surface area contributed by atoms with Gasteiger partial charge >= 0.3 is 12.2 Å². The molecule has 3 aromatic rings. The van der Waals surface area contributed by atoms with E-state index in [1.54, 1.807) is 13.1 Å². The van der Waals surface area contributed by atoms with E-state index in [4.69, 9.17) is 16.3 Å². The molecule has 0 radical (unpaired) electrons. The number of urea groups is 1. The summed E-state index contributed by atoms with van der Waals surface area (Å²) in [5.41, 5.74) is 0.925. The zero-order chi connectivity index (χ0) is 24.9. The average molecular weight is 499 g/mol. The van der Waals surface area contributed by atoms with E-state index in [2.05, 4.69) is 15.6 Å². The molecule has 0 aliphatic rings. The molecular weight excluding hydrogens is 476 g/mol. The number of carbonyl (C=O) groups excluding carboxylic acids is 1. The topological polar surface area (TPSA) is 66.5 Å². The second-order valence-electron chi connectivity index (χ2n) is 7.49. The van der Waals surface area contributed by atoms with Gasteiger partial charge in [0.2, 0.25) is 5.88 Å². The number of hydrogen-bond acceptors (Lipinski definition) is 4. The Hall–Kier alpha value is -3.11. The lowest BCUT2D eigenvalue weighted by Crippen LogP contribution is -2.42. The minimum Gasteiger partial charge on any atom is -0.481 e. The third-order valence-corrected chi connectivity index (χ3v) is 5.48. The quantitative estimate of drug-likeness (QED) is 0.305. The molecule has 34 heavy (non-hydrogen) atoms. The molecule has 11 heteroatoms. The highest BCUT2D eigenvalue weighted by molar-refractivity contribution is 6.31. The highest BCUT2D eigenvalue weighted by Gasteiger charge is 2.28. The maximum Gasteiger partial charge on any atom is 0.401 e. The molecule has 0 spiro atoms. The van der Waals surface area contributed by atoms with Crippen LogP contribution in [0.3, 0.4) is 0 Å². The summed E-state index contributed by atoms with van der Waals surface area (Å²) in [6.45, 7) is 0.412. The lowest BCUT2D eigenvalue weighted by atomic mass is 10.0. The lowest BCUT2D eigenvalue weighted by molar-refractivity contribution is -0.124. The fourth-order valence-corrected chi connectivity index (χ4v) is 3.70. The number of alkyl halides is 3. The second kappa shape index (κ2) is 10.9. The molecule has 1 heterocycles. The summed E-state index contributed by atoms with van der Waals surface area (Å²) in [6.07, 6.45) is -2.80. The van der Waals surface area contributed by atoms with Crippen molar-refractivity contribution in [1.82, 2.24) is 15.2 Å². The van der Waals surface area contributed by atoms with Gasteiger partial charge in [-0.15, -0.1) is 0 Å². The number of ether oxygens (including phenoxy) is 1. The van der Waals surface area contributed by atoms with E-state index < -0.39 is 30.6 Å². The highest BCUT2D eigenvalue weighted by atomic mass is 35.5. The number of methoxy groups -OCH3 is 1. The molecule has 0 aliphatic carbocycles. The Morgan fingerprint density at radius 3 is 2.56 bits per heavy atom. The Balaban J connectivity index is 1.90. The molecule has 1 atom stereocenters. The summed E-state index contributed by atoms with van der Waals surface area (Å²) < 4.78 is 56.4. The van der Waals surface area contributed by atoms with Crippen LogP contribution in [0.15, 0.2) is 48.7 Å². The van der Waals surface area contributed by atoms with Crippen molar-refractivity contribution in [3.05, 3.63) is 65.1 Å². The first-order chi connectivity index (χ1) is 16.1. The molecule has 2 aromatic carbocycles. The summed E-state index contributed by atoms with van der Waals surface area (Å²) in [4.78, 5) is 18.8. The largest absolute Gasteiger partial charge is 0.481 e. The molecule has 0 bridgehead atoms. The van der Waals surface area contributed by atoms with Gasteiger partial charge in [-0.3, -0.25) is 0 Å². The summed E-state index contributed by atoms with van der Waals surface area (Å²) in [7, 11) is 1.50. The fourth-order valence-electron chi connectivity index (χ4n) is 3.52. The van der Waals surface area contributed by atoms with Crippen molar-refractivity contribution in [2.75, 3.05) is 32.1 Å². The zero-order valence-electron chi connectivity index (χ0n) is 18.4. The number of anilines is 1. The molecule has 1 aromatic heterocycles. The molecule has 6 nitrogen and oxygen atoms in total. The van der Waals surface area contributed by atoms with E-state index in [-0.39, 0.29) is 23.8 Å². The number of fused-ring (bicyclic) bond motifs is 1. The summed E-state index contributed by atoms with van der Waals surface area (Å²) >= 11 is 5.80. The highest BCUT2D eigenvalue weighted by Crippen LogP contribution is 2.32. The van der Waals surface area contributed by atoms with E-state index in [1.807, 2.05) is 24.3 Å². The minimum atomic E-state index is -4.38. The molecule has 1 unspecified atom stereocenters. The van der Waals surface area contributed by atoms with Crippen molar-refractivity contribution in [3.8, 4) is 5.88 Å². The maximum atomic E-state index is 13.5. The van der Waals surface area contributed by atoms with E-state index >= 15 is 0 Å². The van der Waals surface area contributed by atoms with Crippen molar-refractivity contribution in [3.63, 3.8) is 0 Å². The molecule has 3 rings (SSSR count). The minimum absolute atomic E-state index is 0.0433. The van der Waals surface area contributed by atoms with Gasteiger partial charge in [0, 0.05) is 35.9 Å². The smallest absolute Gasteiger partial charge is 0.401 e. The molecule has 0 aliphatic heterocycles. The van der Waals surface area contributed by atoms with Crippen molar-refractivity contribution in [1.29, 1.82) is 0 Å². The van der Waals surface area contributed by atoms with Gasteiger partial charge in [-0.25, -0.2) is 14.2 Å². The number of nitrogens with one attached hydrogen (secondary N) is 2. The van der Waals surface area contributed by atoms with E-state index in [9.17, 15) is 22.4 Å². The molecule has 2 N–H and O–H groups in total. The van der Waals surface area contributed by atoms with Crippen LogP contribution in [0.1, 0.15) is 18.5 Å². The Morgan fingerprint density at radius 1 is 1.21 bits per heavy atom. The van der Waals surface area contributed by atoms with Crippen molar-refractivity contribution < 1.29 is 27.1 Å². The predicted octanol–water partition coefficient (Wildman–Crippen LogP) is 5.78. The molecule has 0 saturated carbocycles. The number of aromatic nitrogens is 1. The SMILES string of the molecule is COc1ncc(C(C)N(CCNCC(F)(F)F)C(=O)Nc2ccc(F)c(Cl)c2)c2ccccc12. The van der Waals surface area contributed by atoms with Crippen LogP contribution in [-0.4, -0.2) is 48.8 Å². The first-order valence-corrected chi connectivity index (χ1v) is 10.7. The molecular formula is C23H23ClF4N4O2. The fraction of sp³-hybridized carbons (Fsp3) is 0.304. The van der Waals surface area contributed by atoms with Crippen LogP contribution in [-0.2, 0) is 0 Å². The first-order valence-electron chi connectivity index (χ1n) is 10.3. The number of benzene rings is 2. The molecule has 2 amide bonds. The summed E-state index contributed by atoms with van der Waals surface area (Å²) in [6, 6.07) is 9.86. The Morgan fingerprint density at radius 2 is 1.91 bits per heavy atom. The van der Waals surface area contributed by atoms with Gasteiger partial charge in [0.1, 0.15) is 5.82 Å². The first kappa shape index (κ1) is 25.5. The number of rotatable bonds is 8. The van der Waals surface area contributed by atoms with Gasteiger partial charge in [0.05, 0.1) is 24.7 Å². The van der Waals surface area contributed by atoms with E-state index in [1.165, 1.54) is 24.1 Å². The van der Waals surface area contributed by atoms with Crippen LogP contribution in [0.25, 0.3) is 10.8 Å². The van der Waals surface area contributed by atoms with Gasteiger partial charge in [-0.05, 0) is 36.6 Å². The number of nitrogens with zero attached hydrogens (tertiary/aromatic N) is 2. The van der Waals surface area contributed by atoms with Gasteiger partial charge in [-0.1, -0.05) is 29.8 Å². The Labute approximate surface area is 198 Å². The predicted molar refractivity (Wildman–Crippen MR) is 123 cm³/mol. The van der Waals surface area contributed by atoms with E-state index in [0.29, 0.717) is 11.4 Å². The maximum absolute atomic E-state index is 13.5. The summed E-state index contributed by atoms with van der Waals surface area (Å²) in [5.74, 6) is -0.229. The number of halogens is 5. The second-order valence-corrected chi connectivity index (χ2v) is 7.90. The monoisotopic (exact) mass is 498 g/mol. The van der Waals surface area contributed by atoms with Gasteiger partial charge in [0.15, 0.2) is 0 Å². The standard InChI is InChI=1S/C23H23ClF4N4O2/c1-14(18-12-30-21(34-2)17-6-4-3-5-16(17)18)32(10-9-29-13-23(26,27)28)22(33)31-15-7-8-20(25)19(24)11-15/h3-8,11-12,14,29H,9-10,13H2,1-2H3,(H,31,33). The van der Waals surface area contributed by atoms with Crippen LogP contribution in [0, 0.1) is 5.82 Å². The zero-order valence-corrected chi connectivity index (χ0v) is 19.2. The number of pyridine rings is 1. The Kier molecular flexibility index (Phi) is 8.16. The van der Waals surface area contributed by atoms with Crippen LogP contribution in [0.4, 0.5) is 28.0 Å². The molecule has 182 valence electrons. The van der Waals surface area contributed by atoms with Gasteiger partial charge in [0.25, 0.3) is 0 Å². The molecule has 0 fully saturated rings. The lowest BCUT2D eigenvalue weighted by Gasteiger charge is -2.30. The van der Waals surface area contributed by atoms with Gasteiger partial charge < -0.3 is 20.3 Å². The third-order valence-electron chi connectivity index (χ3n) is 5.19. The van der Waals surface area contributed by atoms with Gasteiger partial charge in [-0.2, -0.15) is 13.2 Å². The number of hydrogen-bond donors (Lipinski definition) is 2.